The molecule has 0 saturated heterocycles. The maximum Gasteiger partial charge on any atom is 0.334 e. The Morgan fingerprint density at radius 2 is 2.00 bits per heavy atom. The highest BCUT2D eigenvalue weighted by Gasteiger charge is 2.17. The third-order valence-corrected chi connectivity index (χ3v) is 1.38. The number of carboxylic acid groups (broad SMARTS) is 2. The van der Waals surface area contributed by atoms with E-state index in [0.717, 1.165) is 0 Å². The van der Waals surface area contributed by atoms with Gasteiger partial charge in [-0.3, -0.25) is 0 Å². The highest BCUT2D eigenvalue weighted by molar-refractivity contribution is 5.95. The molecule has 0 aromatic rings. The molecule has 0 fully saturated rings. The Kier molecular flexibility index (Phi) is 4.76. The van der Waals surface area contributed by atoms with Gasteiger partial charge in [0.1, 0.15) is 0 Å². The quantitative estimate of drug-likeness (QED) is 0.614. The minimum Gasteiger partial charge on any atom is -0.478 e. The largest absolute Gasteiger partial charge is 0.478 e. The van der Waals surface area contributed by atoms with Gasteiger partial charge in [0.05, 0.1) is 11.7 Å². The lowest BCUT2D eigenvalue weighted by molar-refractivity contribution is -0.136. The average Bonchev–Trinajstić information content (AvgIpc) is 1.99. The van der Waals surface area contributed by atoms with Crippen molar-refractivity contribution >= 4 is 11.9 Å². The molecule has 5 heteroatoms. The van der Waals surface area contributed by atoms with Crippen LogP contribution < -0.4 is 0 Å². The first-order valence-electron chi connectivity index (χ1n) is 3.78. The average molecular weight is 188 g/mol. The van der Waals surface area contributed by atoms with Gasteiger partial charge in [0.2, 0.25) is 0 Å². The fraction of sp³-hybridized carbons (Fsp3) is 0.500. The summed E-state index contributed by atoms with van der Waals surface area (Å²) in [6.07, 6.45) is -0.0681. The maximum absolute atomic E-state index is 10.5. The molecule has 1 unspecified atom stereocenters. The Balaban J connectivity index is 4.60. The first-order valence-corrected chi connectivity index (χ1v) is 3.78. The molecular weight excluding hydrogens is 176 g/mol. The molecule has 5 nitrogen and oxygen atoms in total. The second-order valence-electron chi connectivity index (χ2n) is 2.34. The van der Waals surface area contributed by atoms with Crippen LogP contribution >= 0.6 is 0 Å². The van der Waals surface area contributed by atoms with Gasteiger partial charge < -0.3 is 14.9 Å². The molecule has 0 radical (unpaired) electrons. The van der Waals surface area contributed by atoms with Crippen LogP contribution in [0, 0.1) is 0 Å². The maximum atomic E-state index is 10.5. The molecular formula is C8H12O5. The van der Waals surface area contributed by atoms with Crippen LogP contribution in [0.3, 0.4) is 0 Å². The minimum atomic E-state index is -1.29. The predicted octanol–water partition coefficient (Wildman–Crippen LogP) is 0.507. The Morgan fingerprint density at radius 3 is 2.31 bits per heavy atom. The lowest BCUT2D eigenvalue weighted by Gasteiger charge is -2.11. The van der Waals surface area contributed by atoms with E-state index >= 15 is 0 Å². The highest BCUT2D eigenvalue weighted by atomic mass is 16.5. The molecule has 0 heterocycles. The summed E-state index contributed by atoms with van der Waals surface area (Å²) in [4.78, 5) is 20.8. The Bertz CT molecular complexity index is 231. The first kappa shape index (κ1) is 11.6. The van der Waals surface area contributed by atoms with E-state index in [1.54, 1.807) is 6.92 Å². The van der Waals surface area contributed by atoms with E-state index in [2.05, 4.69) is 0 Å². The topological polar surface area (TPSA) is 83.8 Å². The van der Waals surface area contributed by atoms with Crippen LogP contribution in [-0.2, 0) is 14.3 Å². The SMILES string of the molecule is CCOC(C)/C(=C/C(=O)O)C(=O)O. The number of aliphatic carboxylic acids is 2. The lowest BCUT2D eigenvalue weighted by atomic mass is 10.1. The molecule has 0 saturated carbocycles. The summed E-state index contributed by atoms with van der Waals surface area (Å²) in [6, 6.07) is 0. The van der Waals surface area contributed by atoms with E-state index in [9.17, 15) is 9.59 Å². The van der Waals surface area contributed by atoms with Crippen molar-refractivity contribution < 1.29 is 24.5 Å². The molecule has 1 atom stereocenters. The monoisotopic (exact) mass is 188 g/mol. The van der Waals surface area contributed by atoms with Gasteiger partial charge >= 0.3 is 11.9 Å². The van der Waals surface area contributed by atoms with E-state index in [1.165, 1.54) is 6.92 Å². The van der Waals surface area contributed by atoms with Gasteiger partial charge in [-0.2, -0.15) is 0 Å². The number of carbonyl (C=O) groups is 2. The van der Waals surface area contributed by atoms with Crippen molar-refractivity contribution in [3.8, 4) is 0 Å². The molecule has 0 aliphatic carbocycles. The van der Waals surface area contributed by atoms with Crippen molar-refractivity contribution in [1.29, 1.82) is 0 Å². The zero-order chi connectivity index (χ0) is 10.4. The van der Waals surface area contributed by atoms with Crippen LogP contribution in [0.1, 0.15) is 13.8 Å². The number of hydrogen-bond acceptors (Lipinski definition) is 3. The van der Waals surface area contributed by atoms with Gasteiger partial charge in [0.15, 0.2) is 0 Å². The van der Waals surface area contributed by atoms with Crippen LogP contribution in [0.4, 0.5) is 0 Å². The van der Waals surface area contributed by atoms with Crippen molar-refractivity contribution in [2.45, 2.75) is 20.0 Å². The summed E-state index contributed by atoms with van der Waals surface area (Å²) in [5.41, 5.74) is -0.255. The third kappa shape index (κ3) is 4.27. The summed E-state index contributed by atoms with van der Waals surface area (Å²) in [5.74, 6) is -2.56. The smallest absolute Gasteiger partial charge is 0.334 e. The number of rotatable bonds is 5. The van der Waals surface area contributed by atoms with Gasteiger partial charge in [-0.25, -0.2) is 9.59 Å². The van der Waals surface area contributed by atoms with Crippen LogP contribution in [0.5, 0.6) is 0 Å². The lowest BCUT2D eigenvalue weighted by Crippen LogP contribution is -2.19. The number of hydrogen-bond donors (Lipinski definition) is 2. The zero-order valence-electron chi connectivity index (χ0n) is 7.48. The molecule has 0 aliphatic heterocycles. The van der Waals surface area contributed by atoms with Crippen LogP contribution in [0.15, 0.2) is 11.6 Å². The predicted molar refractivity (Wildman–Crippen MR) is 44.4 cm³/mol. The van der Waals surface area contributed by atoms with Crippen molar-refractivity contribution in [2.24, 2.45) is 0 Å². The van der Waals surface area contributed by atoms with Gasteiger partial charge in [0, 0.05) is 12.7 Å². The number of ether oxygens (including phenoxy) is 1. The molecule has 0 spiro atoms. The number of carboxylic acids is 2. The summed E-state index contributed by atoms with van der Waals surface area (Å²) >= 11 is 0. The zero-order valence-corrected chi connectivity index (χ0v) is 7.48. The van der Waals surface area contributed by atoms with Crippen molar-refractivity contribution in [3.63, 3.8) is 0 Å². The minimum absolute atomic E-state index is 0.255. The molecule has 0 aromatic carbocycles. The summed E-state index contributed by atoms with van der Waals surface area (Å²) in [5, 5.41) is 17.0. The summed E-state index contributed by atoms with van der Waals surface area (Å²) < 4.78 is 4.95. The highest BCUT2D eigenvalue weighted by Crippen LogP contribution is 2.06. The van der Waals surface area contributed by atoms with Gasteiger partial charge in [-0.1, -0.05) is 0 Å². The van der Waals surface area contributed by atoms with Gasteiger partial charge in [-0.05, 0) is 13.8 Å². The Hall–Kier alpha value is -1.36. The summed E-state index contributed by atoms with van der Waals surface area (Å²) in [6.45, 7) is 3.54. The normalized spacial score (nSPS) is 13.8. The van der Waals surface area contributed by atoms with Crippen LogP contribution in [0.25, 0.3) is 0 Å². The molecule has 0 aliphatic rings. The molecule has 0 aromatic heterocycles. The van der Waals surface area contributed by atoms with Crippen LogP contribution in [0.2, 0.25) is 0 Å². The van der Waals surface area contributed by atoms with E-state index in [4.69, 9.17) is 14.9 Å². The first-order chi connectivity index (χ1) is 5.99. The molecule has 0 bridgehead atoms. The third-order valence-electron chi connectivity index (χ3n) is 1.38. The standard InChI is InChI=1S/C8H12O5/c1-3-13-5(2)6(8(11)12)4-7(9)10/h4-5H,3H2,1-2H3,(H,9,10)(H,11,12)/b6-4-. The molecule has 74 valence electrons. The van der Waals surface area contributed by atoms with Crippen molar-refractivity contribution in [3.05, 3.63) is 11.6 Å². The van der Waals surface area contributed by atoms with E-state index < -0.39 is 18.0 Å². The Morgan fingerprint density at radius 1 is 1.46 bits per heavy atom. The molecule has 2 N–H and O–H groups in total. The van der Waals surface area contributed by atoms with Crippen molar-refractivity contribution in [2.75, 3.05) is 6.61 Å². The van der Waals surface area contributed by atoms with Crippen LogP contribution in [-0.4, -0.2) is 34.9 Å². The van der Waals surface area contributed by atoms with E-state index in [1.807, 2.05) is 0 Å². The van der Waals surface area contributed by atoms with Gasteiger partial charge in [0.25, 0.3) is 0 Å². The van der Waals surface area contributed by atoms with E-state index in [-0.39, 0.29) is 5.57 Å². The van der Waals surface area contributed by atoms with Gasteiger partial charge in [-0.15, -0.1) is 0 Å². The van der Waals surface area contributed by atoms with E-state index in [0.29, 0.717) is 12.7 Å². The second kappa shape index (κ2) is 5.31. The fourth-order valence-electron chi connectivity index (χ4n) is 0.826. The summed E-state index contributed by atoms with van der Waals surface area (Å²) in [7, 11) is 0. The fourth-order valence-corrected chi connectivity index (χ4v) is 0.826. The second-order valence-corrected chi connectivity index (χ2v) is 2.34. The molecule has 0 rings (SSSR count). The molecule has 13 heavy (non-hydrogen) atoms. The Labute approximate surface area is 75.6 Å². The molecule has 0 amide bonds. The van der Waals surface area contributed by atoms with Crippen molar-refractivity contribution in [1.82, 2.24) is 0 Å².